The second kappa shape index (κ2) is 8.97. The van der Waals surface area contributed by atoms with Gasteiger partial charge >= 0.3 is 11.9 Å². The van der Waals surface area contributed by atoms with E-state index in [1.54, 1.807) is 0 Å². The number of benzene rings is 3. The molecule has 0 aliphatic heterocycles. The van der Waals surface area contributed by atoms with Gasteiger partial charge in [0.1, 0.15) is 17.3 Å². The fraction of sp³-hybridized carbons (Fsp3) is 0.208. The van der Waals surface area contributed by atoms with Gasteiger partial charge in [-0.1, -0.05) is 0 Å². The summed E-state index contributed by atoms with van der Waals surface area (Å²) in [5.41, 5.74) is -2.30. The second-order valence-electron chi connectivity index (χ2n) is 8.10. The van der Waals surface area contributed by atoms with Crippen LogP contribution >= 0.6 is 0 Å². The molecule has 0 unspecified atom stereocenters. The van der Waals surface area contributed by atoms with Crippen LogP contribution in [0.15, 0.2) is 48.5 Å². The molecule has 1 N–H and O–H groups in total. The van der Waals surface area contributed by atoms with Crippen molar-refractivity contribution in [2.75, 3.05) is 5.32 Å². The maximum atomic E-state index is 13.8. The predicted octanol–water partition coefficient (Wildman–Crippen LogP) is 7.12. The number of ether oxygens (including phenoxy) is 1. The molecular weight excluding hydrogens is 475 g/mol. The molecule has 0 radical (unpaired) electrons. The van der Waals surface area contributed by atoms with E-state index in [0.29, 0.717) is 24.5 Å². The molecular formula is C24H17F5N2O4. The van der Waals surface area contributed by atoms with Crippen molar-refractivity contribution in [1.29, 1.82) is 0 Å². The summed E-state index contributed by atoms with van der Waals surface area (Å²) in [4.78, 5) is 23.0. The summed E-state index contributed by atoms with van der Waals surface area (Å²) >= 11 is 0. The van der Waals surface area contributed by atoms with Crippen molar-refractivity contribution >= 4 is 17.3 Å². The molecule has 0 saturated heterocycles. The quantitative estimate of drug-likeness (QED) is 0.226. The zero-order chi connectivity index (χ0) is 25.5. The monoisotopic (exact) mass is 492 g/mol. The van der Waals surface area contributed by atoms with E-state index in [1.807, 2.05) is 0 Å². The molecule has 11 heteroatoms. The van der Waals surface area contributed by atoms with Crippen molar-refractivity contribution in [3.05, 3.63) is 92.5 Å². The van der Waals surface area contributed by atoms with Gasteiger partial charge in [-0.05, 0) is 79.3 Å². The number of carbonyl (C=O) groups is 1. The zero-order valence-corrected chi connectivity index (χ0v) is 18.1. The van der Waals surface area contributed by atoms with E-state index in [2.05, 4.69) is 5.32 Å². The maximum absolute atomic E-state index is 13.8. The van der Waals surface area contributed by atoms with Crippen LogP contribution in [0, 0.1) is 28.7 Å². The van der Waals surface area contributed by atoms with Crippen LogP contribution in [0.1, 0.15) is 45.8 Å². The van der Waals surface area contributed by atoms with Gasteiger partial charge in [0, 0.05) is 11.8 Å². The summed E-state index contributed by atoms with van der Waals surface area (Å²) in [7, 11) is 0. The number of nitro groups is 1. The predicted molar refractivity (Wildman–Crippen MR) is 116 cm³/mol. The summed E-state index contributed by atoms with van der Waals surface area (Å²) < 4.78 is 74.4. The lowest BCUT2D eigenvalue weighted by molar-refractivity contribution is -0.387. The van der Waals surface area contributed by atoms with Crippen molar-refractivity contribution < 1.29 is 36.4 Å². The highest BCUT2D eigenvalue weighted by molar-refractivity contribution is 6.06. The van der Waals surface area contributed by atoms with Crippen molar-refractivity contribution in [2.24, 2.45) is 0 Å². The first-order chi connectivity index (χ1) is 16.4. The number of carbonyl (C=O) groups excluding carboxylic acids is 1. The Bertz CT molecular complexity index is 1340. The van der Waals surface area contributed by atoms with E-state index in [9.17, 15) is 36.9 Å². The first-order valence-corrected chi connectivity index (χ1v) is 10.4. The second-order valence-corrected chi connectivity index (χ2v) is 8.10. The van der Waals surface area contributed by atoms with Crippen molar-refractivity contribution in [3.63, 3.8) is 0 Å². The molecule has 1 fully saturated rings. The molecule has 0 spiro atoms. The number of nitrogens with one attached hydrogen (secondary N) is 1. The first kappa shape index (κ1) is 24.1. The smallest absolute Gasteiger partial charge is 0.416 e. The molecule has 6 nitrogen and oxygen atoms in total. The third-order valence-corrected chi connectivity index (χ3v) is 5.48. The Labute approximate surface area is 195 Å². The fourth-order valence-corrected chi connectivity index (χ4v) is 3.61. The molecule has 0 bridgehead atoms. The molecule has 4 rings (SSSR count). The highest BCUT2D eigenvalue weighted by atomic mass is 19.4. The van der Waals surface area contributed by atoms with E-state index in [4.69, 9.17) is 4.74 Å². The lowest BCUT2D eigenvalue weighted by Gasteiger charge is -2.19. The van der Waals surface area contributed by atoms with Crippen molar-refractivity contribution in [2.45, 2.75) is 31.9 Å². The van der Waals surface area contributed by atoms with Gasteiger partial charge in [0.2, 0.25) is 5.82 Å². The molecule has 182 valence electrons. The summed E-state index contributed by atoms with van der Waals surface area (Å²) in [5.74, 6) is -3.18. The third kappa shape index (κ3) is 5.23. The van der Waals surface area contributed by atoms with E-state index in [0.717, 1.165) is 30.3 Å². The van der Waals surface area contributed by atoms with Crippen LogP contribution in [0.5, 0.6) is 11.5 Å². The van der Waals surface area contributed by atoms with E-state index in [1.165, 1.54) is 19.1 Å². The van der Waals surface area contributed by atoms with Gasteiger partial charge in [-0.15, -0.1) is 0 Å². The SMILES string of the molecule is Cc1cc(F)ccc1Oc1cc(C2CC2)c(C(F)(F)F)cc1C(=O)Nc1ccc(F)c([N+](=O)[O-])c1. The molecule has 1 amide bonds. The zero-order valence-electron chi connectivity index (χ0n) is 18.1. The van der Waals surface area contributed by atoms with Crippen LogP contribution in [-0.2, 0) is 6.18 Å². The highest BCUT2D eigenvalue weighted by Crippen LogP contribution is 2.48. The molecule has 0 atom stereocenters. The van der Waals surface area contributed by atoms with E-state index in [-0.39, 0.29) is 28.7 Å². The Balaban J connectivity index is 1.79. The molecule has 0 heterocycles. The number of halogens is 5. The van der Waals surface area contributed by atoms with Crippen LogP contribution in [0.25, 0.3) is 0 Å². The van der Waals surface area contributed by atoms with Gasteiger partial charge in [-0.2, -0.15) is 17.6 Å². The summed E-state index contributed by atoms with van der Waals surface area (Å²) in [5, 5.41) is 13.2. The Hall–Kier alpha value is -4.02. The number of nitrogens with zero attached hydrogens (tertiary/aromatic N) is 1. The minimum atomic E-state index is -4.76. The molecule has 0 aromatic heterocycles. The molecule has 1 aliphatic carbocycles. The lowest BCUT2D eigenvalue weighted by atomic mass is 9.98. The van der Waals surface area contributed by atoms with Crippen LogP contribution in [0.4, 0.5) is 33.3 Å². The lowest BCUT2D eigenvalue weighted by Crippen LogP contribution is -2.17. The maximum Gasteiger partial charge on any atom is 0.416 e. The number of nitro benzene ring substituents is 1. The number of hydrogen-bond donors (Lipinski definition) is 1. The van der Waals surface area contributed by atoms with Crippen LogP contribution < -0.4 is 10.1 Å². The van der Waals surface area contributed by atoms with Crippen LogP contribution in [0.3, 0.4) is 0 Å². The number of amides is 1. The van der Waals surface area contributed by atoms with Gasteiger partial charge < -0.3 is 10.1 Å². The Kier molecular flexibility index (Phi) is 6.18. The summed E-state index contributed by atoms with van der Waals surface area (Å²) in [6.45, 7) is 1.53. The fourth-order valence-electron chi connectivity index (χ4n) is 3.61. The standard InChI is InChI=1S/C24H17F5N2O4/c1-12-8-14(25)4-7-21(12)35-22-11-16(13-2-3-13)18(24(27,28)29)10-17(22)23(32)30-15-5-6-19(26)20(9-15)31(33)34/h4-11,13H,2-3H2,1H3,(H,30,32). The van der Waals surface area contributed by atoms with E-state index < -0.39 is 45.5 Å². The number of aryl methyl sites for hydroxylation is 1. The van der Waals surface area contributed by atoms with Crippen molar-refractivity contribution in [3.8, 4) is 11.5 Å². The molecule has 3 aromatic carbocycles. The average Bonchev–Trinajstić information content (AvgIpc) is 3.61. The molecule has 3 aromatic rings. The van der Waals surface area contributed by atoms with Gasteiger partial charge in [0.05, 0.1) is 16.1 Å². The Morgan fingerprint density at radius 3 is 2.37 bits per heavy atom. The number of anilines is 1. The Morgan fingerprint density at radius 2 is 1.77 bits per heavy atom. The molecule has 1 aliphatic rings. The average molecular weight is 492 g/mol. The number of hydrogen-bond acceptors (Lipinski definition) is 4. The van der Waals surface area contributed by atoms with Gasteiger partial charge in [0.15, 0.2) is 0 Å². The van der Waals surface area contributed by atoms with Gasteiger partial charge in [-0.3, -0.25) is 14.9 Å². The van der Waals surface area contributed by atoms with Gasteiger partial charge in [-0.25, -0.2) is 4.39 Å². The van der Waals surface area contributed by atoms with Crippen LogP contribution in [-0.4, -0.2) is 10.8 Å². The van der Waals surface area contributed by atoms with Crippen molar-refractivity contribution in [1.82, 2.24) is 0 Å². The first-order valence-electron chi connectivity index (χ1n) is 10.4. The minimum Gasteiger partial charge on any atom is -0.456 e. The normalized spacial score (nSPS) is 13.4. The Morgan fingerprint density at radius 1 is 1.06 bits per heavy atom. The number of rotatable bonds is 6. The number of alkyl halides is 3. The van der Waals surface area contributed by atoms with Gasteiger partial charge in [0.25, 0.3) is 5.91 Å². The largest absolute Gasteiger partial charge is 0.456 e. The summed E-state index contributed by atoms with van der Waals surface area (Å²) in [6, 6.07) is 7.90. The minimum absolute atomic E-state index is 0.0266. The third-order valence-electron chi connectivity index (χ3n) is 5.48. The molecule has 1 saturated carbocycles. The van der Waals surface area contributed by atoms with E-state index >= 15 is 0 Å². The van der Waals surface area contributed by atoms with Crippen LogP contribution in [0.2, 0.25) is 0 Å². The summed E-state index contributed by atoms with van der Waals surface area (Å²) in [6.07, 6.45) is -3.67. The topological polar surface area (TPSA) is 81.5 Å². The highest BCUT2D eigenvalue weighted by Gasteiger charge is 2.40. The molecule has 35 heavy (non-hydrogen) atoms.